The lowest BCUT2D eigenvalue weighted by atomic mass is 10.4. The van der Waals surface area contributed by atoms with Crippen LogP contribution in [0.3, 0.4) is 0 Å². The Hall–Kier alpha value is -2.06. The summed E-state index contributed by atoms with van der Waals surface area (Å²) in [6.07, 6.45) is 3.37. The Morgan fingerprint density at radius 2 is 2.30 bits per heavy atom. The van der Waals surface area contributed by atoms with Crippen LogP contribution in [-0.4, -0.2) is 19.7 Å². The highest BCUT2D eigenvalue weighted by atomic mass is 32.2. The Morgan fingerprint density at radius 1 is 1.40 bits per heavy atom. The molecule has 3 aromatic rings. The summed E-state index contributed by atoms with van der Waals surface area (Å²) in [4.78, 5) is 8.90. The van der Waals surface area contributed by atoms with Gasteiger partial charge in [-0.25, -0.2) is 15.8 Å². The van der Waals surface area contributed by atoms with Crippen LogP contribution in [0.15, 0.2) is 29.0 Å². The van der Waals surface area contributed by atoms with Gasteiger partial charge in [0.1, 0.15) is 11.6 Å². The van der Waals surface area contributed by atoms with E-state index in [2.05, 4.69) is 20.5 Å². The smallest absolute Gasteiger partial charge is 0.163 e. The third-order valence-corrected chi connectivity index (χ3v) is 3.78. The molecule has 0 fully saturated rings. The largest absolute Gasteiger partial charge is 0.468 e. The molecule has 0 radical (unpaired) electrons. The van der Waals surface area contributed by atoms with Crippen molar-refractivity contribution in [1.29, 1.82) is 0 Å². The summed E-state index contributed by atoms with van der Waals surface area (Å²) in [6.45, 7) is 0. The lowest BCUT2D eigenvalue weighted by molar-refractivity contribution is 0.530. The highest BCUT2D eigenvalue weighted by Crippen LogP contribution is 2.22. The van der Waals surface area contributed by atoms with Crippen molar-refractivity contribution in [3.8, 4) is 0 Å². The molecule has 0 aromatic carbocycles. The molecule has 7 nitrogen and oxygen atoms in total. The Labute approximate surface area is 119 Å². The summed E-state index contributed by atoms with van der Waals surface area (Å²) >= 11 is 1.68. The Kier molecular flexibility index (Phi) is 3.57. The predicted octanol–water partition coefficient (Wildman–Crippen LogP) is 1.68. The number of nitrogens with zero attached hydrogens (tertiary/aromatic N) is 4. The number of hydrazine groups is 1. The molecule has 0 aliphatic carbocycles. The first-order chi connectivity index (χ1) is 9.78. The average Bonchev–Trinajstić information content (AvgIpc) is 3.09. The second kappa shape index (κ2) is 5.51. The molecule has 0 unspecified atom stereocenters. The molecule has 0 atom stereocenters. The van der Waals surface area contributed by atoms with E-state index in [0.717, 1.165) is 22.5 Å². The number of aromatic nitrogens is 4. The minimum Gasteiger partial charge on any atom is -0.468 e. The summed E-state index contributed by atoms with van der Waals surface area (Å²) in [5.41, 5.74) is 3.36. The van der Waals surface area contributed by atoms with E-state index >= 15 is 0 Å². The number of hydrogen-bond acceptors (Lipinski definition) is 7. The first-order valence-electron chi connectivity index (χ1n) is 6.03. The van der Waals surface area contributed by atoms with Gasteiger partial charge in [-0.2, -0.15) is 5.10 Å². The van der Waals surface area contributed by atoms with Crippen LogP contribution in [0.1, 0.15) is 11.6 Å². The molecule has 20 heavy (non-hydrogen) atoms. The van der Waals surface area contributed by atoms with Gasteiger partial charge in [0.25, 0.3) is 0 Å². The second-order valence-electron chi connectivity index (χ2n) is 4.21. The van der Waals surface area contributed by atoms with Gasteiger partial charge in [0.15, 0.2) is 11.5 Å². The van der Waals surface area contributed by atoms with E-state index in [4.69, 9.17) is 10.3 Å². The van der Waals surface area contributed by atoms with Crippen LogP contribution in [0, 0.1) is 0 Å². The molecule has 0 spiro atoms. The van der Waals surface area contributed by atoms with Crippen LogP contribution in [0.4, 0.5) is 5.82 Å². The van der Waals surface area contributed by atoms with Crippen molar-refractivity contribution in [2.45, 2.75) is 11.5 Å². The molecule has 8 heteroatoms. The van der Waals surface area contributed by atoms with Crippen molar-refractivity contribution in [2.24, 2.45) is 12.9 Å². The standard InChI is InChI=1S/C12H14N6OS/c1-18-12-9(5-14-18)11(17-13)15-10(16-12)7-20-6-8-3-2-4-19-8/h2-5H,6-7,13H2,1H3,(H,15,16,17). The van der Waals surface area contributed by atoms with Crippen LogP contribution < -0.4 is 11.3 Å². The quantitative estimate of drug-likeness (QED) is 0.545. The van der Waals surface area contributed by atoms with Gasteiger partial charge in [-0.3, -0.25) is 4.68 Å². The molecule has 0 saturated heterocycles. The Balaban J connectivity index is 1.78. The fourth-order valence-electron chi connectivity index (χ4n) is 1.88. The summed E-state index contributed by atoms with van der Waals surface area (Å²) in [5.74, 6) is 9.21. The van der Waals surface area contributed by atoms with Gasteiger partial charge in [0.2, 0.25) is 0 Å². The maximum absolute atomic E-state index is 5.50. The summed E-state index contributed by atoms with van der Waals surface area (Å²) in [6, 6.07) is 3.83. The number of nitrogens with one attached hydrogen (secondary N) is 1. The molecule has 3 rings (SSSR count). The summed E-state index contributed by atoms with van der Waals surface area (Å²) in [7, 11) is 1.84. The molecule has 0 amide bonds. The van der Waals surface area contributed by atoms with E-state index in [1.165, 1.54) is 0 Å². The zero-order valence-corrected chi connectivity index (χ0v) is 11.7. The fourth-order valence-corrected chi connectivity index (χ4v) is 2.66. The minimum atomic E-state index is 0.594. The van der Waals surface area contributed by atoms with Crippen LogP contribution in [0.2, 0.25) is 0 Å². The van der Waals surface area contributed by atoms with Crippen molar-refractivity contribution >= 4 is 28.6 Å². The van der Waals surface area contributed by atoms with Crippen molar-refractivity contribution < 1.29 is 4.42 Å². The summed E-state index contributed by atoms with van der Waals surface area (Å²) in [5, 5.41) is 4.98. The van der Waals surface area contributed by atoms with Gasteiger partial charge in [-0.05, 0) is 12.1 Å². The molecular weight excluding hydrogens is 276 g/mol. The lowest BCUT2D eigenvalue weighted by Crippen LogP contribution is -2.11. The molecule has 0 aliphatic heterocycles. The fraction of sp³-hybridized carbons (Fsp3) is 0.250. The molecule has 3 N–H and O–H groups in total. The van der Waals surface area contributed by atoms with Crippen LogP contribution >= 0.6 is 11.8 Å². The number of aryl methyl sites for hydroxylation is 1. The van der Waals surface area contributed by atoms with E-state index in [-0.39, 0.29) is 0 Å². The number of nitrogen functional groups attached to an aromatic ring is 1. The number of thioether (sulfide) groups is 1. The number of fused-ring (bicyclic) bond motifs is 1. The zero-order valence-electron chi connectivity index (χ0n) is 10.9. The Bertz CT molecular complexity index is 708. The van der Waals surface area contributed by atoms with Crippen LogP contribution in [0.5, 0.6) is 0 Å². The normalized spacial score (nSPS) is 11.1. The second-order valence-corrected chi connectivity index (χ2v) is 5.20. The van der Waals surface area contributed by atoms with Crippen LogP contribution in [0.25, 0.3) is 11.0 Å². The highest BCUT2D eigenvalue weighted by Gasteiger charge is 2.10. The van der Waals surface area contributed by atoms with E-state index < -0.39 is 0 Å². The van der Waals surface area contributed by atoms with Gasteiger partial charge in [-0.15, -0.1) is 11.8 Å². The van der Waals surface area contributed by atoms with Gasteiger partial charge < -0.3 is 9.84 Å². The zero-order chi connectivity index (χ0) is 13.9. The first-order valence-corrected chi connectivity index (χ1v) is 7.19. The minimum absolute atomic E-state index is 0.594. The van der Waals surface area contributed by atoms with Gasteiger partial charge >= 0.3 is 0 Å². The first kappa shape index (κ1) is 12.9. The molecule has 0 bridgehead atoms. The van der Waals surface area contributed by atoms with E-state index in [1.807, 2.05) is 19.2 Å². The number of nitrogens with two attached hydrogens (primary N) is 1. The van der Waals surface area contributed by atoms with Crippen molar-refractivity contribution in [1.82, 2.24) is 19.7 Å². The van der Waals surface area contributed by atoms with Crippen LogP contribution in [-0.2, 0) is 18.6 Å². The van der Waals surface area contributed by atoms with Crippen molar-refractivity contribution in [2.75, 3.05) is 5.43 Å². The van der Waals surface area contributed by atoms with Gasteiger partial charge in [-0.1, -0.05) is 0 Å². The molecule has 3 heterocycles. The number of rotatable bonds is 5. The maximum atomic E-state index is 5.50. The topological polar surface area (TPSA) is 94.8 Å². The van der Waals surface area contributed by atoms with E-state index in [0.29, 0.717) is 17.4 Å². The van der Waals surface area contributed by atoms with Gasteiger partial charge in [0.05, 0.1) is 29.4 Å². The molecule has 0 saturated carbocycles. The maximum Gasteiger partial charge on any atom is 0.163 e. The predicted molar refractivity (Wildman–Crippen MR) is 77.8 cm³/mol. The third kappa shape index (κ3) is 2.47. The monoisotopic (exact) mass is 290 g/mol. The van der Waals surface area contributed by atoms with E-state index in [9.17, 15) is 0 Å². The number of hydrogen-bond donors (Lipinski definition) is 2. The summed E-state index contributed by atoms with van der Waals surface area (Å²) < 4.78 is 6.99. The number of furan rings is 1. The molecule has 3 aromatic heterocycles. The van der Waals surface area contributed by atoms with Crippen molar-refractivity contribution in [3.63, 3.8) is 0 Å². The lowest BCUT2D eigenvalue weighted by Gasteiger charge is -2.05. The molecule has 0 aliphatic rings. The third-order valence-electron chi connectivity index (χ3n) is 2.83. The highest BCUT2D eigenvalue weighted by molar-refractivity contribution is 7.97. The van der Waals surface area contributed by atoms with E-state index in [1.54, 1.807) is 28.9 Å². The Morgan fingerprint density at radius 3 is 3.05 bits per heavy atom. The molecular formula is C12H14N6OS. The molecule has 104 valence electrons. The average molecular weight is 290 g/mol. The SMILES string of the molecule is Cn1ncc2c(NN)nc(CSCc3ccco3)nc21. The van der Waals surface area contributed by atoms with Gasteiger partial charge in [0, 0.05) is 7.05 Å². The van der Waals surface area contributed by atoms with Crippen molar-refractivity contribution in [3.05, 3.63) is 36.2 Å². The number of anilines is 1.